The third kappa shape index (κ3) is 3.97. The smallest absolute Gasteiger partial charge is 0.183 e. The predicted octanol–water partition coefficient (Wildman–Crippen LogP) is 3.85. The fourth-order valence-corrected chi connectivity index (χ4v) is 2.43. The lowest BCUT2D eigenvalue weighted by Gasteiger charge is -2.06. The second kappa shape index (κ2) is 7.30. The van der Waals surface area contributed by atoms with Crippen LogP contribution in [-0.2, 0) is 6.61 Å². The normalized spacial score (nSPS) is 9.95. The molecule has 0 aliphatic rings. The van der Waals surface area contributed by atoms with Crippen LogP contribution in [-0.4, -0.2) is 11.7 Å². The molecular weight excluding hydrogens is 299 g/mol. The van der Waals surface area contributed by atoms with Crippen LogP contribution in [0.3, 0.4) is 0 Å². The molecule has 1 N–H and O–H groups in total. The lowest BCUT2D eigenvalue weighted by Crippen LogP contribution is -1.95. The highest BCUT2D eigenvalue weighted by molar-refractivity contribution is 7.12. The van der Waals surface area contributed by atoms with Crippen molar-refractivity contribution in [3.8, 4) is 17.6 Å². The number of aliphatic hydroxyl groups is 1. The van der Waals surface area contributed by atoms with E-state index < -0.39 is 5.82 Å². The molecule has 0 unspecified atom stereocenters. The van der Waals surface area contributed by atoms with Gasteiger partial charge in [0.25, 0.3) is 0 Å². The van der Waals surface area contributed by atoms with Crippen LogP contribution >= 0.6 is 22.9 Å². The van der Waals surface area contributed by atoms with Crippen LogP contribution in [0.2, 0.25) is 5.02 Å². The van der Waals surface area contributed by atoms with E-state index in [4.69, 9.17) is 21.4 Å². The number of rotatable bonds is 4. The van der Waals surface area contributed by atoms with E-state index in [1.54, 1.807) is 6.07 Å². The van der Waals surface area contributed by atoms with Crippen LogP contribution in [0, 0.1) is 17.7 Å². The fraction of sp³-hybridized carbons (Fsp3) is 0.200. The van der Waals surface area contributed by atoms with Crippen molar-refractivity contribution in [3.63, 3.8) is 0 Å². The van der Waals surface area contributed by atoms with E-state index in [9.17, 15) is 4.39 Å². The first-order valence-corrected chi connectivity index (χ1v) is 7.15. The Kier molecular flexibility index (Phi) is 5.42. The van der Waals surface area contributed by atoms with Crippen molar-refractivity contribution in [2.24, 2.45) is 0 Å². The molecule has 0 aliphatic heterocycles. The van der Waals surface area contributed by atoms with Gasteiger partial charge >= 0.3 is 0 Å². The molecule has 2 rings (SSSR count). The molecule has 104 valence electrons. The molecule has 0 fully saturated rings. The Morgan fingerprint density at radius 2 is 2.15 bits per heavy atom. The summed E-state index contributed by atoms with van der Waals surface area (Å²) in [5, 5.41) is 8.69. The number of hydrogen-bond acceptors (Lipinski definition) is 3. The van der Waals surface area contributed by atoms with Crippen LogP contribution in [0.1, 0.15) is 16.2 Å². The predicted molar refractivity (Wildman–Crippen MR) is 78.6 cm³/mol. The van der Waals surface area contributed by atoms with E-state index in [1.807, 2.05) is 12.1 Å². The van der Waals surface area contributed by atoms with Gasteiger partial charge in [0.05, 0.1) is 16.5 Å². The molecule has 0 bridgehead atoms. The van der Waals surface area contributed by atoms with Gasteiger partial charge in [-0.1, -0.05) is 29.5 Å². The van der Waals surface area contributed by atoms with Gasteiger partial charge in [-0.3, -0.25) is 0 Å². The number of aliphatic hydroxyl groups excluding tert-OH is 1. The van der Waals surface area contributed by atoms with E-state index in [0.717, 1.165) is 9.75 Å². The first-order valence-electron chi connectivity index (χ1n) is 5.96. The minimum Gasteiger partial charge on any atom is -0.485 e. The van der Waals surface area contributed by atoms with Crippen molar-refractivity contribution in [3.05, 3.63) is 50.9 Å². The summed E-state index contributed by atoms with van der Waals surface area (Å²) in [6.45, 7) is 0.325. The van der Waals surface area contributed by atoms with Gasteiger partial charge in [-0.25, -0.2) is 4.39 Å². The molecule has 0 radical (unpaired) electrons. The van der Waals surface area contributed by atoms with Crippen molar-refractivity contribution in [1.82, 2.24) is 0 Å². The van der Waals surface area contributed by atoms with Crippen molar-refractivity contribution in [1.29, 1.82) is 0 Å². The number of thiophene rings is 1. The molecule has 0 saturated heterocycles. The molecule has 0 atom stereocenters. The molecule has 2 nitrogen and oxygen atoms in total. The maximum absolute atomic E-state index is 13.6. The summed E-state index contributed by atoms with van der Waals surface area (Å²) in [6, 6.07) is 8.42. The molecule has 20 heavy (non-hydrogen) atoms. The Morgan fingerprint density at radius 3 is 2.95 bits per heavy atom. The van der Waals surface area contributed by atoms with Gasteiger partial charge in [-0.15, -0.1) is 11.3 Å². The standard InChI is InChI=1S/C15H12ClFO2S/c16-13-5-3-6-14(15(13)17)19-10-12-8-7-11(20-12)4-1-2-9-18/h3,5-8,18H,2,9-10H2. The summed E-state index contributed by atoms with van der Waals surface area (Å²) in [4.78, 5) is 1.83. The van der Waals surface area contributed by atoms with E-state index >= 15 is 0 Å². The SMILES string of the molecule is OCCC#Cc1ccc(COc2cccc(Cl)c2F)s1. The van der Waals surface area contributed by atoms with Crippen molar-refractivity contribution >= 4 is 22.9 Å². The zero-order valence-corrected chi connectivity index (χ0v) is 12.1. The number of benzene rings is 1. The van der Waals surface area contributed by atoms with Gasteiger partial charge in [0, 0.05) is 11.3 Å². The van der Waals surface area contributed by atoms with Crippen LogP contribution < -0.4 is 4.74 Å². The molecular formula is C15H12ClFO2S. The van der Waals surface area contributed by atoms with Gasteiger partial charge in [0.2, 0.25) is 0 Å². The number of halogens is 2. The van der Waals surface area contributed by atoms with E-state index in [0.29, 0.717) is 6.42 Å². The second-order valence-corrected chi connectivity index (χ2v) is 5.46. The highest BCUT2D eigenvalue weighted by Gasteiger charge is 2.08. The summed E-state index contributed by atoms with van der Waals surface area (Å²) in [5.74, 6) is 5.38. The molecule has 1 heterocycles. The van der Waals surface area contributed by atoms with Gasteiger partial charge in [-0.2, -0.15) is 0 Å². The van der Waals surface area contributed by atoms with E-state index in [2.05, 4.69) is 11.8 Å². The minimum absolute atomic E-state index is 0.0456. The Hall–Kier alpha value is -1.54. The van der Waals surface area contributed by atoms with Gasteiger partial charge < -0.3 is 9.84 Å². The zero-order valence-electron chi connectivity index (χ0n) is 10.5. The first-order chi connectivity index (χ1) is 9.70. The Balaban J connectivity index is 1.98. The molecule has 1 aromatic heterocycles. The highest BCUT2D eigenvalue weighted by Crippen LogP contribution is 2.25. The average molecular weight is 311 g/mol. The van der Waals surface area contributed by atoms with Crippen LogP contribution in [0.25, 0.3) is 0 Å². The minimum atomic E-state index is -0.548. The number of ether oxygens (including phenoxy) is 1. The molecule has 5 heteroatoms. The van der Waals surface area contributed by atoms with E-state index in [1.165, 1.54) is 23.5 Å². The molecule has 1 aromatic carbocycles. The van der Waals surface area contributed by atoms with Crippen LogP contribution in [0.5, 0.6) is 5.75 Å². The van der Waals surface area contributed by atoms with E-state index in [-0.39, 0.29) is 24.0 Å². The lowest BCUT2D eigenvalue weighted by molar-refractivity contribution is 0.293. The molecule has 0 amide bonds. The maximum atomic E-state index is 13.6. The van der Waals surface area contributed by atoms with Crippen molar-refractivity contribution < 1.29 is 14.2 Å². The quantitative estimate of drug-likeness (QED) is 0.869. The summed E-state index contributed by atoms with van der Waals surface area (Å²) in [6.07, 6.45) is 0.456. The van der Waals surface area contributed by atoms with Gasteiger partial charge in [-0.05, 0) is 24.3 Å². The second-order valence-electron chi connectivity index (χ2n) is 3.88. The summed E-state index contributed by atoms with van der Waals surface area (Å²) < 4.78 is 19.0. The topological polar surface area (TPSA) is 29.5 Å². The Labute approximate surface area is 125 Å². The Bertz CT molecular complexity index is 643. The molecule has 2 aromatic rings. The molecule has 0 aliphatic carbocycles. The van der Waals surface area contributed by atoms with Crippen molar-refractivity contribution in [2.45, 2.75) is 13.0 Å². The third-order valence-electron chi connectivity index (χ3n) is 2.40. The zero-order chi connectivity index (χ0) is 14.4. The van der Waals surface area contributed by atoms with Crippen molar-refractivity contribution in [2.75, 3.05) is 6.61 Å². The lowest BCUT2D eigenvalue weighted by atomic mass is 10.3. The molecule has 0 saturated carbocycles. The first kappa shape index (κ1) is 14.9. The van der Waals surface area contributed by atoms with Gasteiger partial charge in [0.15, 0.2) is 11.6 Å². The highest BCUT2D eigenvalue weighted by atomic mass is 35.5. The van der Waals surface area contributed by atoms with Gasteiger partial charge in [0.1, 0.15) is 6.61 Å². The maximum Gasteiger partial charge on any atom is 0.183 e. The number of hydrogen-bond donors (Lipinski definition) is 1. The van der Waals surface area contributed by atoms with Crippen LogP contribution in [0.4, 0.5) is 4.39 Å². The fourth-order valence-electron chi connectivity index (χ4n) is 1.47. The Morgan fingerprint density at radius 1 is 1.30 bits per heavy atom. The summed E-state index contributed by atoms with van der Waals surface area (Å²) >= 11 is 7.16. The summed E-state index contributed by atoms with van der Waals surface area (Å²) in [7, 11) is 0. The largest absolute Gasteiger partial charge is 0.485 e. The monoisotopic (exact) mass is 310 g/mol. The molecule has 0 spiro atoms. The van der Waals surface area contributed by atoms with Crippen LogP contribution in [0.15, 0.2) is 30.3 Å². The average Bonchev–Trinajstić information content (AvgIpc) is 2.89. The third-order valence-corrected chi connectivity index (χ3v) is 3.66. The summed E-state index contributed by atoms with van der Waals surface area (Å²) in [5.41, 5.74) is 0.